The molecule has 1 heterocycles. The molecule has 1 N–H and O–H groups in total. The minimum atomic E-state index is -0.0551. The fraction of sp³-hybridized carbons (Fsp3) is 0.588. The summed E-state index contributed by atoms with van der Waals surface area (Å²) in [6.07, 6.45) is 4.91. The Morgan fingerprint density at radius 3 is 2.75 bits per heavy atom. The van der Waals surface area contributed by atoms with Gasteiger partial charge in [-0.2, -0.15) is 0 Å². The van der Waals surface area contributed by atoms with Gasteiger partial charge in [-0.05, 0) is 38.3 Å². The summed E-state index contributed by atoms with van der Waals surface area (Å²) in [4.78, 5) is 14.3. The van der Waals surface area contributed by atoms with Crippen molar-refractivity contribution in [1.29, 1.82) is 0 Å². The Morgan fingerprint density at radius 1 is 1.35 bits per heavy atom. The zero-order chi connectivity index (χ0) is 14.4. The average molecular weight is 274 g/mol. The van der Waals surface area contributed by atoms with E-state index < -0.39 is 0 Å². The first-order valence-corrected chi connectivity index (χ1v) is 7.72. The Bertz CT molecular complexity index is 412. The maximum Gasteiger partial charge on any atom is 0.229 e. The van der Waals surface area contributed by atoms with Gasteiger partial charge in [0.2, 0.25) is 5.91 Å². The quantitative estimate of drug-likeness (QED) is 0.895. The number of likely N-dealkylation sites (N-methyl/N-ethyl adjacent to an activating group) is 1. The molecule has 110 valence electrons. The fourth-order valence-corrected chi connectivity index (χ4v) is 2.84. The van der Waals surface area contributed by atoms with Crippen LogP contribution in [0.3, 0.4) is 0 Å². The molecule has 0 aromatic heterocycles. The molecule has 0 saturated carbocycles. The molecule has 2 unspecified atom stereocenters. The fourth-order valence-electron chi connectivity index (χ4n) is 2.84. The molecule has 0 bridgehead atoms. The zero-order valence-corrected chi connectivity index (χ0v) is 12.6. The van der Waals surface area contributed by atoms with Crippen molar-refractivity contribution < 1.29 is 4.79 Å². The number of nitrogens with one attached hydrogen (secondary N) is 1. The molecule has 3 nitrogen and oxygen atoms in total. The van der Waals surface area contributed by atoms with Crippen LogP contribution in [0.25, 0.3) is 0 Å². The second kappa shape index (κ2) is 7.44. The summed E-state index contributed by atoms with van der Waals surface area (Å²) in [7, 11) is 1.92. The van der Waals surface area contributed by atoms with E-state index in [0.29, 0.717) is 6.04 Å². The van der Waals surface area contributed by atoms with Crippen molar-refractivity contribution in [3.63, 3.8) is 0 Å². The molecule has 1 amide bonds. The maximum atomic E-state index is 12.4. The SMILES string of the molecule is CC(C(=O)N(C)CCC1CCCCN1)c1ccccc1. The smallest absolute Gasteiger partial charge is 0.229 e. The van der Waals surface area contributed by atoms with Gasteiger partial charge in [0, 0.05) is 19.6 Å². The number of rotatable bonds is 5. The van der Waals surface area contributed by atoms with E-state index in [0.717, 1.165) is 25.1 Å². The second-order valence-electron chi connectivity index (χ2n) is 5.83. The van der Waals surface area contributed by atoms with E-state index in [4.69, 9.17) is 0 Å². The van der Waals surface area contributed by atoms with E-state index in [2.05, 4.69) is 5.32 Å². The highest BCUT2D eigenvalue weighted by Gasteiger charge is 2.20. The van der Waals surface area contributed by atoms with Crippen LogP contribution in [0.2, 0.25) is 0 Å². The molecule has 0 aliphatic carbocycles. The molecule has 1 aromatic carbocycles. The van der Waals surface area contributed by atoms with Crippen LogP contribution < -0.4 is 5.32 Å². The summed E-state index contributed by atoms with van der Waals surface area (Å²) in [5, 5.41) is 3.54. The number of hydrogen-bond donors (Lipinski definition) is 1. The lowest BCUT2D eigenvalue weighted by Crippen LogP contribution is -2.39. The normalized spacial score (nSPS) is 20.4. The maximum absolute atomic E-state index is 12.4. The van der Waals surface area contributed by atoms with Crippen molar-refractivity contribution in [2.75, 3.05) is 20.1 Å². The molecule has 1 aliphatic heterocycles. The summed E-state index contributed by atoms with van der Waals surface area (Å²) in [5.74, 6) is 0.160. The van der Waals surface area contributed by atoms with Crippen LogP contribution in [-0.2, 0) is 4.79 Å². The van der Waals surface area contributed by atoms with Gasteiger partial charge in [0.1, 0.15) is 0 Å². The first-order valence-electron chi connectivity index (χ1n) is 7.72. The van der Waals surface area contributed by atoms with Gasteiger partial charge in [0.15, 0.2) is 0 Å². The predicted octanol–water partition coefficient (Wildman–Crippen LogP) is 2.78. The topological polar surface area (TPSA) is 32.3 Å². The van der Waals surface area contributed by atoms with Crippen molar-refractivity contribution >= 4 is 5.91 Å². The van der Waals surface area contributed by atoms with Gasteiger partial charge in [-0.25, -0.2) is 0 Å². The first kappa shape index (κ1) is 15.0. The molecule has 1 saturated heterocycles. The lowest BCUT2D eigenvalue weighted by atomic mass is 9.99. The summed E-state index contributed by atoms with van der Waals surface area (Å²) in [5.41, 5.74) is 1.10. The molecule has 0 spiro atoms. The van der Waals surface area contributed by atoms with Crippen LogP contribution in [0, 0.1) is 0 Å². The monoisotopic (exact) mass is 274 g/mol. The minimum Gasteiger partial charge on any atom is -0.345 e. The Morgan fingerprint density at radius 2 is 2.10 bits per heavy atom. The Labute approximate surface area is 122 Å². The lowest BCUT2D eigenvalue weighted by Gasteiger charge is -2.27. The molecule has 3 heteroatoms. The van der Waals surface area contributed by atoms with E-state index >= 15 is 0 Å². The van der Waals surface area contributed by atoms with Crippen molar-refractivity contribution in [3.05, 3.63) is 35.9 Å². The van der Waals surface area contributed by atoms with Gasteiger partial charge in [-0.15, -0.1) is 0 Å². The largest absolute Gasteiger partial charge is 0.345 e. The third kappa shape index (κ3) is 4.07. The van der Waals surface area contributed by atoms with Gasteiger partial charge in [-0.1, -0.05) is 36.8 Å². The molecule has 1 aliphatic rings. The van der Waals surface area contributed by atoms with Crippen LogP contribution in [0.4, 0.5) is 0 Å². The van der Waals surface area contributed by atoms with Gasteiger partial charge in [0.25, 0.3) is 0 Å². The number of nitrogens with zero attached hydrogens (tertiary/aromatic N) is 1. The summed E-state index contributed by atoms with van der Waals surface area (Å²) < 4.78 is 0. The van der Waals surface area contributed by atoms with Crippen molar-refractivity contribution in [2.24, 2.45) is 0 Å². The van der Waals surface area contributed by atoms with E-state index in [9.17, 15) is 4.79 Å². The molecule has 1 aromatic rings. The molecular weight excluding hydrogens is 248 g/mol. The number of amides is 1. The first-order chi connectivity index (χ1) is 9.68. The van der Waals surface area contributed by atoms with Crippen molar-refractivity contribution in [2.45, 2.75) is 44.6 Å². The molecule has 2 rings (SSSR count). The van der Waals surface area contributed by atoms with Gasteiger partial charge in [-0.3, -0.25) is 4.79 Å². The van der Waals surface area contributed by atoms with E-state index in [1.165, 1.54) is 19.3 Å². The summed E-state index contributed by atoms with van der Waals surface area (Å²) in [6, 6.07) is 10.6. The number of carbonyl (C=O) groups is 1. The Hall–Kier alpha value is -1.35. The standard InChI is InChI=1S/C17H26N2O/c1-14(15-8-4-3-5-9-15)17(20)19(2)13-11-16-10-6-7-12-18-16/h3-5,8-9,14,16,18H,6-7,10-13H2,1-2H3. The van der Waals surface area contributed by atoms with Crippen LogP contribution in [0.15, 0.2) is 30.3 Å². The lowest BCUT2D eigenvalue weighted by molar-refractivity contribution is -0.131. The van der Waals surface area contributed by atoms with Gasteiger partial charge < -0.3 is 10.2 Å². The van der Waals surface area contributed by atoms with Crippen LogP contribution in [0.1, 0.15) is 44.1 Å². The van der Waals surface area contributed by atoms with Crippen LogP contribution in [-0.4, -0.2) is 37.0 Å². The molecule has 20 heavy (non-hydrogen) atoms. The predicted molar refractivity (Wildman–Crippen MR) is 82.8 cm³/mol. The highest BCUT2D eigenvalue weighted by atomic mass is 16.2. The highest BCUT2D eigenvalue weighted by molar-refractivity contribution is 5.83. The molecule has 1 fully saturated rings. The van der Waals surface area contributed by atoms with E-state index in [1.807, 2.05) is 49.2 Å². The number of carbonyl (C=O) groups excluding carboxylic acids is 1. The Balaban J connectivity index is 1.82. The number of piperidine rings is 1. The summed E-state index contributed by atoms with van der Waals surface area (Å²) >= 11 is 0. The van der Waals surface area contributed by atoms with Gasteiger partial charge in [0.05, 0.1) is 5.92 Å². The summed E-state index contributed by atoms with van der Waals surface area (Å²) in [6.45, 7) is 3.96. The molecule has 0 radical (unpaired) electrons. The Kier molecular flexibility index (Phi) is 5.60. The minimum absolute atomic E-state index is 0.0551. The van der Waals surface area contributed by atoms with Crippen molar-refractivity contribution in [1.82, 2.24) is 10.2 Å². The van der Waals surface area contributed by atoms with Crippen molar-refractivity contribution in [3.8, 4) is 0 Å². The molecule has 2 atom stereocenters. The van der Waals surface area contributed by atoms with Crippen LogP contribution >= 0.6 is 0 Å². The van der Waals surface area contributed by atoms with Crippen LogP contribution in [0.5, 0.6) is 0 Å². The third-order valence-electron chi connectivity index (χ3n) is 4.27. The highest BCUT2D eigenvalue weighted by Crippen LogP contribution is 2.18. The molecular formula is C17H26N2O. The average Bonchev–Trinajstić information content (AvgIpc) is 2.53. The van der Waals surface area contributed by atoms with Gasteiger partial charge >= 0.3 is 0 Å². The number of benzene rings is 1. The zero-order valence-electron chi connectivity index (χ0n) is 12.6. The van der Waals surface area contributed by atoms with E-state index in [1.54, 1.807) is 0 Å². The van der Waals surface area contributed by atoms with E-state index in [-0.39, 0.29) is 11.8 Å². The third-order valence-corrected chi connectivity index (χ3v) is 4.27. The number of hydrogen-bond acceptors (Lipinski definition) is 2. The second-order valence-corrected chi connectivity index (χ2v) is 5.83.